The van der Waals surface area contributed by atoms with Gasteiger partial charge in [-0.2, -0.15) is 4.99 Å². The summed E-state index contributed by atoms with van der Waals surface area (Å²) in [7, 11) is 1.59. The second-order valence-electron chi connectivity index (χ2n) is 3.77. The Morgan fingerprint density at radius 2 is 2.06 bits per heavy atom. The number of ether oxygens (including phenoxy) is 2. The predicted molar refractivity (Wildman–Crippen MR) is 62.7 cm³/mol. The minimum atomic E-state index is -1.07. The SMILES string of the molecule is CCC1(c2ccc(OC)cc2)OC(N)=NC1=O. The van der Waals surface area contributed by atoms with E-state index in [0.29, 0.717) is 6.42 Å². The molecule has 0 spiro atoms. The van der Waals surface area contributed by atoms with Gasteiger partial charge in [0.15, 0.2) is 0 Å². The van der Waals surface area contributed by atoms with E-state index in [1.54, 1.807) is 31.4 Å². The molecule has 0 aliphatic carbocycles. The molecule has 2 N–H and O–H groups in total. The van der Waals surface area contributed by atoms with E-state index in [1.807, 2.05) is 6.92 Å². The van der Waals surface area contributed by atoms with Crippen LogP contribution < -0.4 is 10.5 Å². The molecule has 1 aromatic rings. The van der Waals surface area contributed by atoms with Crippen LogP contribution in [0.1, 0.15) is 18.9 Å². The molecule has 0 saturated carbocycles. The van der Waals surface area contributed by atoms with E-state index in [4.69, 9.17) is 15.2 Å². The fourth-order valence-corrected chi connectivity index (χ4v) is 1.91. The van der Waals surface area contributed by atoms with Gasteiger partial charge in [-0.1, -0.05) is 19.1 Å². The Balaban J connectivity index is 2.39. The first kappa shape index (κ1) is 11.4. The highest BCUT2D eigenvalue weighted by Crippen LogP contribution is 2.35. The number of methoxy groups -OCH3 is 1. The fraction of sp³-hybridized carbons (Fsp3) is 0.333. The molecule has 90 valence electrons. The monoisotopic (exact) mass is 234 g/mol. The van der Waals surface area contributed by atoms with Crippen LogP contribution in [-0.2, 0) is 15.1 Å². The molecule has 5 heteroatoms. The number of hydrogen-bond donors (Lipinski definition) is 1. The van der Waals surface area contributed by atoms with Gasteiger partial charge < -0.3 is 15.2 Å². The third kappa shape index (κ3) is 1.73. The maximum Gasteiger partial charge on any atom is 0.299 e. The predicted octanol–water partition coefficient (Wildman–Crippen LogP) is 1.17. The number of aliphatic imine (C=N–C) groups is 1. The fourth-order valence-electron chi connectivity index (χ4n) is 1.91. The van der Waals surface area contributed by atoms with E-state index in [0.717, 1.165) is 11.3 Å². The Morgan fingerprint density at radius 3 is 2.47 bits per heavy atom. The summed E-state index contributed by atoms with van der Waals surface area (Å²) in [6, 6.07) is 7.05. The van der Waals surface area contributed by atoms with E-state index in [9.17, 15) is 4.79 Å². The summed E-state index contributed by atoms with van der Waals surface area (Å²) in [6.07, 6.45) is 0.475. The highest BCUT2D eigenvalue weighted by atomic mass is 16.5. The van der Waals surface area contributed by atoms with Crippen LogP contribution in [0.25, 0.3) is 0 Å². The third-order valence-corrected chi connectivity index (χ3v) is 2.89. The van der Waals surface area contributed by atoms with Gasteiger partial charge in [-0.3, -0.25) is 4.79 Å². The zero-order valence-electron chi connectivity index (χ0n) is 9.77. The lowest BCUT2D eigenvalue weighted by atomic mass is 9.90. The molecule has 0 aromatic heterocycles. The Kier molecular flexibility index (Phi) is 2.75. The summed E-state index contributed by atoms with van der Waals surface area (Å²) in [4.78, 5) is 15.5. The van der Waals surface area contributed by atoms with Crippen LogP contribution in [0, 0.1) is 0 Å². The highest BCUT2D eigenvalue weighted by Gasteiger charge is 2.46. The maximum absolute atomic E-state index is 11.9. The molecule has 1 aromatic carbocycles. The van der Waals surface area contributed by atoms with E-state index >= 15 is 0 Å². The topological polar surface area (TPSA) is 73.9 Å². The number of nitrogens with two attached hydrogens (primary N) is 1. The summed E-state index contributed by atoms with van der Waals surface area (Å²) in [5.41, 5.74) is 5.11. The zero-order chi connectivity index (χ0) is 12.5. The molecule has 0 saturated heterocycles. The largest absolute Gasteiger partial charge is 0.497 e. The van der Waals surface area contributed by atoms with Crippen LogP contribution in [0.3, 0.4) is 0 Å². The van der Waals surface area contributed by atoms with E-state index < -0.39 is 5.60 Å². The van der Waals surface area contributed by atoms with Crippen LogP contribution in [0.2, 0.25) is 0 Å². The Morgan fingerprint density at radius 1 is 1.41 bits per heavy atom. The lowest BCUT2D eigenvalue weighted by Crippen LogP contribution is -2.34. The average Bonchev–Trinajstić information content (AvgIpc) is 2.65. The third-order valence-electron chi connectivity index (χ3n) is 2.89. The molecule has 0 fully saturated rings. The van der Waals surface area contributed by atoms with Crippen LogP contribution >= 0.6 is 0 Å². The molecule has 1 amide bonds. The lowest BCUT2D eigenvalue weighted by molar-refractivity contribution is -0.131. The first-order valence-electron chi connectivity index (χ1n) is 5.34. The Hall–Kier alpha value is -2.04. The van der Waals surface area contributed by atoms with Gasteiger partial charge in [0.1, 0.15) is 5.75 Å². The molecule has 1 unspecified atom stereocenters. The van der Waals surface area contributed by atoms with E-state index in [2.05, 4.69) is 4.99 Å². The second-order valence-corrected chi connectivity index (χ2v) is 3.77. The number of rotatable bonds is 3. The molecule has 2 rings (SSSR count). The number of nitrogens with zero attached hydrogens (tertiary/aromatic N) is 1. The Bertz CT molecular complexity index is 467. The van der Waals surface area contributed by atoms with Gasteiger partial charge in [0.25, 0.3) is 11.9 Å². The smallest absolute Gasteiger partial charge is 0.299 e. The number of amidine groups is 1. The quantitative estimate of drug-likeness (QED) is 0.852. The molecule has 17 heavy (non-hydrogen) atoms. The van der Waals surface area contributed by atoms with Gasteiger partial charge >= 0.3 is 0 Å². The van der Waals surface area contributed by atoms with Crippen molar-refractivity contribution in [2.45, 2.75) is 18.9 Å². The van der Waals surface area contributed by atoms with Crippen molar-refractivity contribution in [1.29, 1.82) is 0 Å². The molecule has 1 atom stereocenters. The van der Waals surface area contributed by atoms with Crippen molar-refractivity contribution in [2.24, 2.45) is 10.7 Å². The molecule has 5 nitrogen and oxygen atoms in total. The van der Waals surface area contributed by atoms with Gasteiger partial charge in [-0.25, -0.2) is 0 Å². The normalized spacial score (nSPS) is 23.2. The van der Waals surface area contributed by atoms with E-state index in [-0.39, 0.29) is 11.9 Å². The van der Waals surface area contributed by atoms with Gasteiger partial charge in [-0.05, 0) is 18.6 Å². The molecular weight excluding hydrogens is 220 g/mol. The van der Waals surface area contributed by atoms with Crippen molar-refractivity contribution in [1.82, 2.24) is 0 Å². The van der Waals surface area contributed by atoms with Crippen molar-refractivity contribution < 1.29 is 14.3 Å². The number of amides is 1. The van der Waals surface area contributed by atoms with Crippen molar-refractivity contribution in [3.05, 3.63) is 29.8 Å². The first-order chi connectivity index (χ1) is 8.12. The van der Waals surface area contributed by atoms with E-state index in [1.165, 1.54) is 0 Å². The summed E-state index contributed by atoms with van der Waals surface area (Å²) in [5, 5.41) is 0. The Labute approximate surface area is 99.2 Å². The molecule has 1 aliphatic heterocycles. The molecule has 1 heterocycles. The van der Waals surface area contributed by atoms with Crippen LogP contribution in [0.5, 0.6) is 5.75 Å². The van der Waals surface area contributed by atoms with Gasteiger partial charge in [0, 0.05) is 5.56 Å². The average molecular weight is 234 g/mol. The van der Waals surface area contributed by atoms with Crippen LogP contribution in [0.4, 0.5) is 0 Å². The number of carbonyl (C=O) groups excluding carboxylic acids is 1. The minimum absolute atomic E-state index is 0.0762. The van der Waals surface area contributed by atoms with Crippen molar-refractivity contribution in [2.75, 3.05) is 7.11 Å². The highest BCUT2D eigenvalue weighted by molar-refractivity contribution is 6.01. The van der Waals surface area contributed by atoms with Gasteiger partial charge in [0.05, 0.1) is 7.11 Å². The second kappa shape index (κ2) is 4.08. The standard InChI is InChI=1S/C12H14N2O3/c1-3-12(10(15)14-11(13)17-12)8-4-6-9(16-2)7-5-8/h4-7H,3H2,1-2H3,(H2,13,14,15). The summed E-state index contributed by atoms with van der Waals surface area (Å²) in [6.45, 7) is 1.86. The van der Waals surface area contributed by atoms with Crippen LogP contribution in [0.15, 0.2) is 29.3 Å². The first-order valence-corrected chi connectivity index (χ1v) is 5.34. The zero-order valence-corrected chi connectivity index (χ0v) is 9.77. The number of carbonyl (C=O) groups is 1. The summed E-state index contributed by atoms with van der Waals surface area (Å²) < 4.78 is 10.5. The lowest BCUT2D eigenvalue weighted by Gasteiger charge is -2.24. The van der Waals surface area contributed by atoms with Gasteiger partial charge in [-0.15, -0.1) is 0 Å². The molecule has 0 bridgehead atoms. The van der Waals surface area contributed by atoms with Crippen molar-refractivity contribution >= 4 is 11.9 Å². The molecule has 1 aliphatic rings. The summed E-state index contributed by atoms with van der Waals surface area (Å²) in [5.74, 6) is 0.363. The molecule has 0 radical (unpaired) electrons. The van der Waals surface area contributed by atoms with Crippen LogP contribution in [-0.4, -0.2) is 19.0 Å². The number of hydrogen-bond acceptors (Lipinski definition) is 4. The molecular formula is C12H14N2O3. The number of benzene rings is 1. The van der Waals surface area contributed by atoms with Crippen molar-refractivity contribution in [3.8, 4) is 5.75 Å². The van der Waals surface area contributed by atoms with Crippen molar-refractivity contribution in [3.63, 3.8) is 0 Å². The minimum Gasteiger partial charge on any atom is -0.497 e. The summed E-state index contributed by atoms with van der Waals surface area (Å²) >= 11 is 0. The van der Waals surface area contributed by atoms with Gasteiger partial charge in [0.2, 0.25) is 5.60 Å². The maximum atomic E-state index is 11.9.